The third kappa shape index (κ3) is 21.6. The van der Waals surface area contributed by atoms with Crippen LogP contribution < -0.4 is 0 Å². The first-order chi connectivity index (χ1) is 21.9. The van der Waals surface area contributed by atoms with Gasteiger partial charge in [0.1, 0.15) is 30.5 Å². The van der Waals surface area contributed by atoms with Crippen molar-refractivity contribution in [3.05, 3.63) is 0 Å². The minimum absolute atomic E-state index is 0.114. The van der Waals surface area contributed by atoms with Gasteiger partial charge in [-0.15, -0.1) is 0 Å². The number of ether oxygens (including phenoxy) is 4. The van der Waals surface area contributed by atoms with Gasteiger partial charge >= 0.3 is 5.97 Å². The third-order valence-electron chi connectivity index (χ3n) is 8.74. The SMILES string of the molecule is CCCCCCCCCCCCCCCCCCCCCCCOCC(COC1OC(CO)C(O)C(O)C1O)OC(=O)CCC. The van der Waals surface area contributed by atoms with Crippen molar-refractivity contribution in [3.63, 3.8) is 0 Å². The molecule has 0 amide bonds. The van der Waals surface area contributed by atoms with E-state index in [9.17, 15) is 25.2 Å². The van der Waals surface area contributed by atoms with Crippen molar-refractivity contribution >= 4 is 5.97 Å². The molecule has 4 N–H and O–H groups in total. The normalized spacial score (nSPS) is 22.5. The molecule has 0 aromatic rings. The summed E-state index contributed by atoms with van der Waals surface area (Å²) in [7, 11) is 0. The van der Waals surface area contributed by atoms with Crippen molar-refractivity contribution in [2.75, 3.05) is 26.4 Å². The third-order valence-corrected chi connectivity index (χ3v) is 8.74. The molecule has 1 heterocycles. The van der Waals surface area contributed by atoms with Gasteiger partial charge in [0.15, 0.2) is 6.29 Å². The molecular formula is C36H70O9. The maximum Gasteiger partial charge on any atom is 0.306 e. The van der Waals surface area contributed by atoms with Gasteiger partial charge < -0.3 is 39.4 Å². The highest BCUT2D eigenvalue weighted by molar-refractivity contribution is 5.69. The number of esters is 1. The van der Waals surface area contributed by atoms with E-state index in [2.05, 4.69) is 6.92 Å². The van der Waals surface area contributed by atoms with Gasteiger partial charge in [-0.1, -0.05) is 142 Å². The minimum atomic E-state index is -1.53. The Morgan fingerprint density at radius 2 is 1.09 bits per heavy atom. The van der Waals surface area contributed by atoms with Crippen molar-refractivity contribution in [1.29, 1.82) is 0 Å². The van der Waals surface area contributed by atoms with Crippen molar-refractivity contribution in [2.24, 2.45) is 0 Å². The summed E-state index contributed by atoms with van der Waals surface area (Å²) in [5.41, 5.74) is 0. The lowest BCUT2D eigenvalue weighted by molar-refractivity contribution is -0.305. The topological polar surface area (TPSA) is 135 Å². The van der Waals surface area contributed by atoms with Crippen molar-refractivity contribution in [2.45, 2.75) is 198 Å². The molecule has 0 saturated carbocycles. The average Bonchev–Trinajstić information content (AvgIpc) is 3.03. The molecule has 0 radical (unpaired) electrons. The highest BCUT2D eigenvalue weighted by Gasteiger charge is 2.44. The molecule has 1 aliphatic heterocycles. The second kappa shape index (κ2) is 29.3. The molecule has 268 valence electrons. The maximum absolute atomic E-state index is 12.1. The average molecular weight is 647 g/mol. The van der Waals surface area contributed by atoms with Gasteiger partial charge in [0.05, 0.1) is 19.8 Å². The molecule has 1 saturated heterocycles. The lowest BCUT2D eigenvalue weighted by Crippen LogP contribution is -2.59. The highest BCUT2D eigenvalue weighted by Crippen LogP contribution is 2.22. The van der Waals surface area contributed by atoms with E-state index < -0.39 is 43.4 Å². The Kier molecular flexibility index (Phi) is 27.5. The summed E-state index contributed by atoms with van der Waals surface area (Å²) in [5.74, 6) is -0.363. The molecule has 0 spiro atoms. The van der Waals surface area contributed by atoms with Crippen LogP contribution in [-0.4, -0.2) is 89.6 Å². The largest absolute Gasteiger partial charge is 0.457 e. The van der Waals surface area contributed by atoms with E-state index in [1.54, 1.807) is 0 Å². The molecule has 6 atom stereocenters. The summed E-state index contributed by atoms with van der Waals surface area (Å²) in [5, 5.41) is 39.4. The lowest BCUT2D eigenvalue weighted by atomic mass is 9.99. The Morgan fingerprint density at radius 1 is 0.622 bits per heavy atom. The van der Waals surface area contributed by atoms with Crippen LogP contribution in [0.3, 0.4) is 0 Å². The maximum atomic E-state index is 12.1. The molecule has 6 unspecified atom stereocenters. The monoisotopic (exact) mass is 647 g/mol. The van der Waals surface area contributed by atoms with Crippen LogP contribution in [0.25, 0.3) is 0 Å². The van der Waals surface area contributed by atoms with E-state index >= 15 is 0 Å². The van der Waals surface area contributed by atoms with E-state index in [0.717, 1.165) is 12.8 Å². The van der Waals surface area contributed by atoms with Crippen LogP contribution in [0.2, 0.25) is 0 Å². The Hall–Kier alpha value is -0.810. The number of carbonyl (C=O) groups is 1. The van der Waals surface area contributed by atoms with Crippen LogP contribution in [0.1, 0.15) is 162 Å². The van der Waals surface area contributed by atoms with Crippen molar-refractivity contribution in [3.8, 4) is 0 Å². The van der Waals surface area contributed by atoms with Gasteiger partial charge in [-0.25, -0.2) is 0 Å². The summed E-state index contributed by atoms with van der Waals surface area (Å²) in [6, 6.07) is 0. The van der Waals surface area contributed by atoms with Gasteiger partial charge in [0.25, 0.3) is 0 Å². The number of carbonyl (C=O) groups excluding carboxylic acids is 1. The molecule has 9 nitrogen and oxygen atoms in total. The number of rotatable bonds is 31. The second-order valence-electron chi connectivity index (χ2n) is 13.0. The summed E-state index contributed by atoms with van der Waals surface area (Å²) in [6.07, 6.45) is 21.6. The molecule has 1 rings (SSSR count). The standard InChI is InChI=1S/C36H70O9/c1-3-5-6-7-8-9-10-11-12-13-14-15-16-17-18-19-20-21-22-23-24-26-42-28-30(44-32(38)25-4-2)29-43-36-35(41)34(40)33(39)31(27-37)45-36/h30-31,33-37,39-41H,3-29H2,1-2H3. The van der Waals surface area contributed by atoms with Crippen LogP contribution >= 0.6 is 0 Å². The molecular weight excluding hydrogens is 576 g/mol. The minimum Gasteiger partial charge on any atom is -0.457 e. The van der Waals surface area contributed by atoms with Gasteiger partial charge in [-0.05, 0) is 12.8 Å². The zero-order valence-electron chi connectivity index (χ0n) is 28.9. The van der Waals surface area contributed by atoms with Gasteiger partial charge in [0, 0.05) is 13.0 Å². The predicted octanol–water partition coefficient (Wildman–Crippen LogP) is 6.74. The second-order valence-corrected chi connectivity index (χ2v) is 13.0. The van der Waals surface area contributed by atoms with Crippen LogP contribution in [0, 0.1) is 0 Å². The smallest absolute Gasteiger partial charge is 0.306 e. The van der Waals surface area contributed by atoms with Crippen LogP contribution in [0.15, 0.2) is 0 Å². The van der Waals surface area contributed by atoms with Crippen LogP contribution in [0.5, 0.6) is 0 Å². The zero-order valence-corrected chi connectivity index (χ0v) is 28.9. The first-order valence-corrected chi connectivity index (χ1v) is 18.6. The summed E-state index contributed by atoms with van der Waals surface area (Å²) in [4.78, 5) is 12.1. The number of aliphatic hydroxyl groups is 4. The molecule has 0 aliphatic carbocycles. The Labute approximate surface area is 274 Å². The molecule has 1 aliphatic rings. The van der Waals surface area contributed by atoms with Gasteiger partial charge in [-0.2, -0.15) is 0 Å². The molecule has 0 bridgehead atoms. The summed E-state index contributed by atoms with van der Waals surface area (Å²) >= 11 is 0. The fourth-order valence-electron chi connectivity index (χ4n) is 5.82. The molecule has 0 aromatic carbocycles. The van der Waals surface area contributed by atoms with Gasteiger partial charge in [-0.3, -0.25) is 4.79 Å². The number of aliphatic hydroxyl groups excluding tert-OH is 4. The summed E-state index contributed by atoms with van der Waals surface area (Å²) < 4.78 is 22.2. The van der Waals surface area contributed by atoms with Crippen molar-refractivity contribution < 1.29 is 44.2 Å². The Morgan fingerprint density at radius 3 is 1.53 bits per heavy atom. The van der Waals surface area contributed by atoms with E-state index in [0.29, 0.717) is 13.0 Å². The Bertz CT molecular complexity index is 662. The number of hydrogen-bond donors (Lipinski definition) is 4. The molecule has 9 heteroatoms. The van der Waals surface area contributed by atoms with E-state index in [1.807, 2.05) is 6.92 Å². The molecule has 0 aromatic heterocycles. The zero-order chi connectivity index (χ0) is 33.0. The van der Waals surface area contributed by atoms with Crippen LogP contribution in [-0.2, 0) is 23.7 Å². The Balaban J connectivity index is 2.01. The summed E-state index contributed by atoms with van der Waals surface area (Å²) in [6.45, 7) is 4.21. The van der Waals surface area contributed by atoms with E-state index in [4.69, 9.17) is 18.9 Å². The predicted molar refractivity (Wildman–Crippen MR) is 178 cm³/mol. The fraction of sp³-hybridized carbons (Fsp3) is 0.972. The first-order valence-electron chi connectivity index (χ1n) is 18.6. The van der Waals surface area contributed by atoms with E-state index in [1.165, 1.54) is 122 Å². The molecule has 1 fully saturated rings. The van der Waals surface area contributed by atoms with Crippen LogP contribution in [0.4, 0.5) is 0 Å². The van der Waals surface area contributed by atoms with Crippen molar-refractivity contribution in [1.82, 2.24) is 0 Å². The number of hydrogen-bond acceptors (Lipinski definition) is 9. The lowest BCUT2D eigenvalue weighted by Gasteiger charge is -2.39. The van der Waals surface area contributed by atoms with E-state index in [-0.39, 0.29) is 25.6 Å². The quantitative estimate of drug-likeness (QED) is 0.0477. The first kappa shape index (κ1) is 42.2. The van der Waals surface area contributed by atoms with Gasteiger partial charge in [0.2, 0.25) is 0 Å². The molecule has 45 heavy (non-hydrogen) atoms. The number of unbranched alkanes of at least 4 members (excludes halogenated alkanes) is 20. The fourth-order valence-corrected chi connectivity index (χ4v) is 5.82. The highest BCUT2D eigenvalue weighted by atomic mass is 16.7.